The van der Waals surface area contributed by atoms with Crippen LogP contribution in [0, 0.1) is 17.2 Å². The van der Waals surface area contributed by atoms with Gasteiger partial charge in [-0.25, -0.2) is 9.18 Å². The highest BCUT2D eigenvalue weighted by Crippen LogP contribution is 2.35. The molecule has 1 unspecified atom stereocenters. The van der Waals surface area contributed by atoms with Gasteiger partial charge in [0.05, 0.1) is 19.2 Å². The molecule has 10 nitrogen and oxygen atoms in total. The van der Waals surface area contributed by atoms with Crippen molar-refractivity contribution in [2.24, 2.45) is 11.3 Å². The van der Waals surface area contributed by atoms with Gasteiger partial charge in [-0.3, -0.25) is 14.4 Å². The molecule has 2 amide bonds. The fourth-order valence-electron chi connectivity index (χ4n) is 6.03. The summed E-state index contributed by atoms with van der Waals surface area (Å²) in [5.41, 5.74) is 0.297. The molecular weight excluding hydrogens is 626 g/mol. The van der Waals surface area contributed by atoms with Crippen LogP contribution in [0.3, 0.4) is 0 Å². The van der Waals surface area contributed by atoms with E-state index in [4.69, 9.17) is 14.2 Å². The summed E-state index contributed by atoms with van der Waals surface area (Å²) in [6, 6.07) is 5.17. The van der Waals surface area contributed by atoms with Crippen molar-refractivity contribution in [3.05, 3.63) is 58.9 Å². The van der Waals surface area contributed by atoms with E-state index < -0.39 is 59.0 Å². The second kappa shape index (κ2) is 14.3. The van der Waals surface area contributed by atoms with E-state index >= 15 is 0 Å². The summed E-state index contributed by atoms with van der Waals surface area (Å²) in [6.45, 7) is 4.79. The number of rotatable bonds is 10. The van der Waals surface area contributed by atoms with Gasteiger partial charge < -0.3 is 29.7 Å². The Bertz CT molecular complexity index is 1510. The molecular formula is C33H39F4N3O7. The van der Waals surface area contributed by atoms with Crippen LogP contribution in [0.25, 0.3) is 0 Å². The summed E-state index contributed by atoms with van der Waals surface area (Å²) in [7, 11) is 2.58. The molecule has 4 rings (SSSR count). The zero-order chi connectivity index (χ0) is 34.7. The maximum Gasteiger partial charge on any atom is 0.416 e. The number of anilines is 2. The van der Waals surface area contributed by atoms with E-state index in [-0.39, 0.29) is 43.5 Å². The Balaban J connectivity index is 1.43. The van der Waals surface area contributed by atoms with Gasteiger partial charge in [-0.2, -0.15) is 13.2 Å². The zero-order valence-corrected chi connectivity index (χ0v) is 26.8. The van der Waals surface area contributed by atoms with Crippen LogP contribution in [0.15, 0.2) is 36.4 Å². The van der Waals surface area contributed by atoms with E-state index in [1.165, 1.54) is 12.0 Å². The van der Waals surface area contributed by atoms with Crippen molar-refractivity contribution in [2.75, 3.05) is 38.0 Å². The van der Waals surface area contributed by atoms with Crippen molar-refractivity contribution in [3.63, 3.8) is 0 Å². The first kappa shape index (κ1) is 35.7. The first-order valence-electron chi connectivity index (χ1n) is 15.1. The lowest BCUT2D eigenvalue weighted by atomic mass is 9.85. The average molecular weight is 666 g/mol. The number of halogens is 4. The molecule has 2 N–H and O–H groups in total. The van der Waals surface area contributed by atoms with E-state index in [9.17, 15) is 36.7 Å². The number of likely N-dealkylation sites (tertiary alicyclic amines) is 1. The topological polar surface area (TPSA) is 123 Å². The number of carbonyl (C=O) groups is 4. The normalized spacial score (nSPS) is 19.9. The quantitative estimate of drug-likeness (QED) is 0.276. The fourth-order valence-corrected chi connectivity index (χ4v) is 6.03. The fraction of sp³-hybridized carbons (Fsp3) is 0.515. The second-order valence-corrected chi connectivity index (χ2v) is 13.0. The van der Waals surface area contributed by atoms with Crippen LogP contribution in [0.4, 0.5) is 28.9 Å². The van der Waals surface area contributed by atoms with Gasteiger partial charge >= 0.3 is 18.1 Å². The van der Waals surface area contributed by atoms with E-state index in [1.807, 2.05) is 12.1 Å². The third kappa shape index (κ3) is 8.99. The minimum atomic E-state index is -4.81. The molecule has 2 aromatic rings. The molecule has 0 saturated carbocycles. The van der Waals surface area contributed by atoms with Gasteiger partial charge in [-0.05, 0) is 65.6 Å². The van der Waals surface area contributed by atoms with E-state index in [0.29, 0.717) is 30.7 Å². The van der Waals surface area contributed by atoms with Gasteiger partial charge in [0, 0.05) is 31.3 Å². The average Bonchev–Trinajstić information content (AvgIpc) is 3.57. The molecule has 0 spiro atoms. The van der Waals surface area contributed by atoms with Crippen LogP contribution >= 0.6 is 0 Å². The lowest BCUT2D eigenvalue weighted by Crippen LogP contribution is -2.52. The number of alkyl halides is 3. The zero-order valence-electron chi connectivity index (χ0n) is 26.8. The predicted octanol–water partition coefficient (Wildman–Crippen LogP) is 4.75. The molecule has 0 aromatic heterocycles. The standard InChI is InChI=1S/C33H39F4N3O7/c1-32(2,3)29(39-24-13-21(33(35,36)37)12-22(34)14-24)30(43)40-16-25(15-26(40)31(44)46-5)47-28(42)10-18-8-19-6-7-23(11-20(19)9-18)38-27(41)17-45-4/h6-7,11-14,18,25-26,29,39H,8-10,15-17H2,1-5H3,(H,38,41)/t18?,25-,26+,29-/m1/s1. The molecule has 1 heterocycles. The Hall–Kier alpha value is -4.20. The first-order chi connectivity index (χ1) is 22.0. The number of amides is 2. The van der Waals surface area contributed by atoms with Gasteiger partial charge in [-0.1, -0.05) is 26.8 Å². The van der Waals surface area contributed by atoms with E-state index in [1.54, 1.807) is 26.8 Å². The van der Waals surface area contributed by atoms with Gasteiger partial charge in [0.1, 0.15) is 30.6 Å². The molecule has 2 aromatic carbocycles. The summed E-state index contributed by atoms with van der Waals surface area (Å²) in [4.78, 5) is 52.8. The van der Waals surface area contributed by atoms with Crippen LogP contribution in [0.2, 0.25) is 0 Å². The van der Waals surface area contributed by atoms with Gasteiger partial charge in [0.15, 0.2) is 0 Å². The molecule has 1 aliphatic heterocycles. The molecule has 1 fully saturated rings. The monoisotopic (exact) mass is 665 g/mol. The number of benzene rings is 2. The molecule has 256 valence electrons. The van der Waals surface area contributed by atoms with Gasteiger partial charge in [-0.15, -0.1) is 0 Å². The maximum atomic E-state index is 14.1. The number of esters is 2. The smallest absolute Gasteiger partial charge is 0.416 e. The Kier molecular flexibility index (Phi) is 10.8. The highest BCUT2D eigenvalue weighted by atomic mass is 19.4. The van der Waals surface area contributed by atoms with Crippen LogP contribution < -0.4 is 10.6 Å². The number of hydrogen-bond donors (Lipinski definition) is 2. The van der Waals surface area contributed by atoms with Crippen molar-refractivity contribution in [1.82, 2.24) is 4.90 Å². The molecule has 0 bridgehead atoms. The number of ether oxygens (including phenoxy) is 3. The van der Waals surface area contributed by atoms with Crippen LogP contribution in [-0.2, 0) is 52.4 Å². The van der Waals surface area contributed by atoms with Gasteiger partial charge in [0.25, 0.3) is 0 Å². The number of carbonyl (C=O) groups excluding carboxylic acids is 4. The van der Waals surface area contributed by atoms with Crippen molar-refractivity contribution < 1.29 is 51.0 Å². The number of nitrogens with zero attached hydrogens (tertiary/aromatic N) is 1. The number of hydrogen-bond acceptors (Lipinski definition) is 8. The Morgan fingerprint density at radius 3 is 2.32 bits per heavy atom. The van der Waals surface area contributed by atoms with Crippen molar-refractivity contribution in [2.45, 2.75) is 70.8 Å². The SMILES string of the molecule is COCC(=O)Nc1ccc2c(c1)CC(CC(=O)O[C@@H]1C[C@@H](C(=O)OC)N(C(=O)[C@@H](Nc3cc(F)cc(C(F)(F)F)c3)C(C)(C)C)C1)C2. The Labute approximate surface area is 270 Å². The van der Waals surface area contributed by atoms with E-state index in [0.717, 1.165) is 24.3 Å². The van der Waals surface area contributed by atoms with Crippen LogP contribution in [0.1, 0.15) is 50.3 Å². The first-order valence-corrected chi connectivity index (χ1v) is 15.1. The molecule has 1 aliphatic carbocycles. The Morgan fingerprint density at radius 2 is 1.68 bits per heavy atom. The molecule has 0 radical (unpaired) electrons. The minimum Gasteiger partial charge on any atom is -0.467 e. The second-order valence-electron chi connectivity index (χ2n) is 13.0. The third-order valence-electron chi connectivity index (χ3n) is 8.20. The lowest BCUT2D eigenvalue weighted by molar-refractivity contribution is -0.151. The molecule has 2 aliphatic rings. The summed E-state index contributed by atoms with van der Waals surface area (Å²) in [6.07, 6.45) is -4.38. The summed E-state index contributed by atoms with van der Waals surface area (Å²) in [5, 5.41) is 5.50. The van der Waals surface area contributed by atoms with Crippen LogP contribution in [0.5, 0.6) is 0 Å². The minimum absolute atomic E-state index is 0.0331. The largest absolute Gasteiger partial charge is 0.467 e. The molecule has 1 saturated heterocycles. The number of nitrogens with one attached hydrogen (secondary N) is 2. The Morgan fingerprint density at radius 1 is 0.979 bits per heavy atom. The highest BCUT2D eigenvalue weighted by Gasteiger charge is 2.46. The molecule has 14 heteroatoms. The van der Waals surface area contributed by atoms with Crippen molar-refractivity contribution >= 4 is 35.1 Å². The van der Waals surface area contributed by atoms with Gasteiger partial charge in [0.2, 0.25) is 11.8 Å². The number of methoxy groups -OCH3 is 2. The highest BCUT2D eigenvalue weighted by molar-refractivity contribution is 5.92. The van der Waals surface area contributed by atoms with E-state index in [2.05, 4.69) is 10.6 Å². The molecule has 4 atom stereocenters. The molecule has 47 heavy (non-hydrogen) atoms. The summed E-state index contributed by atoms with van der Waals surface area (Å²) < 4.78 is 69.7. The summed E-state index contributed by atoms with van der Waals surface area (Å²) in [5.74, 6) is -3.38. The third-order valence-corrected chi connectivity index (χ3v) is 8.20. The van der Waals surface area contributed by atoms with Crippen molar-refractivity contribution in [1.29, 1.82) is 0 Å². The predicted molar refractivity (Wildman–Crippen MR) is 163 cm³/mol. The number of fused-ring (bicyclic) bond motifs is 1. The van der Waals surface area contributed by atoms with Crippen LogP contribution in [-0.4, -0.2) is 74.2 Å². The lowest BCUT2D eigenvalue weighted by Gasteiger charge is -2.35. The summed E-state index contributed by atoms with van der Waals surface area (Å²) >= 11 is 0. The van der Waals surface area contributed by atoms with Crippen molar-refractivity contribution in [3.8, 4) is 0 Å². The maximum absolute atomic E-state index is 14.1.